The van der Waals surface area contributed by atoms with Gasteiger partial charge in [-0.3, -0.25) is 9.59 Å². The van der Waals surface area contributed by atoms with Crippen molar-refractivity contribution in [2.75, 3.05) is 13.2 Å². The number of hydrogen-bond donors (Lipinski definition) is 3. The molecule has 73 heavy (non-hydrogen) atoms. The summed E-state index contributed by atoms with van der Waals surface area (Å²) in [6.07, 6.45) is 76.7. The van der Waals surface area contributed by atoms with E-state index in [2.05, 4.69) is 31.3 Å². The van der Waals surface area contributed by atoms with Crippen molar-refractivity contribution in [2.24, 2.45) is 0 Å². The first-order valence-electron chi connectivity index (χ1n) is 33.4. The molecule has 0 spiro atoms. The quantitative estimate of drug-likeness (QED) is 0.0320. The molecule has 2 unspecified atom stereocenters. The topological polar surface area (TPSA) is 95.9 Å². The summed E-state index contributed by atoms with van der Waals surface area (Å²) in [6.45, 7) is 4.98. The summed E-state index contributed by atoms with van der Waals surface area (Å²) in [5, 5.41) is 23.3. The maximum Gasteiger partial charge on any atom is 0.305 e. The Morgan fingerprint density at radius 1 is 0.370 bits per heavy atom. The highest BCUT2D eigenvalue weighted by atomic mass is 16.5. The van der Waals surface area contributed by atoms with E-state index in [1.165, 1.54) is 308 Å². The number of aliphatic hydroxyl groups excluding tert-OH is 2. The Hall–Kier alpha value is -1.40. The molecule has 0 aliphatic heterocycles. The molecule has 1 amide bonds. The molecule has 0 saturated heterocycles. The minimum absolute atomic E-state index is 0.0172. The van der Waals surface area contributed by atoms with Crippen LogP contribution in [0.15, 0.2) is 12.2 Å². The third-order valence-electron chi connectivity index (χ3n) is 15.8. The van der Waals surface area contributed by atoms with Crippen molar-refractivity contribution < 1.29 is 24.5 Å². The highest BCUT2D eigenvalue weighted by Crippen LogP contribution is 2.19. The molecule has 0 fully saturated rings. The number of unbranched alkanes of at least 4 members (excludes halogenated alkanes) is 50. The first-order chi connectivity index (χ1) is 36.0. The van der Waals surface area contributed by atoms with Gasteiger partial charge in [0.25, 0.3) is 0 Å². The van der Waals surface area contributed by atoms with Crippen molar-refractivity contribution in [1.82, 2.24) is 5.32 Å². The van der Waals surface area contributed by atoms with Crippen molar-refractivity contribution in [3.8, 4) is 0 Å². The van der Waals surface area contributed by atoms with E-state index >= 15 is 0 Å². The molecule has 434 valence electrons. The first kappa shape index (κ1) is 71.6. The summed E-state index contributed by atoms with van der Waals surface area (Å²) in [7, 11) is 0. The van der Waals surface area contributed by atoms with Crippen LogP contribution in [0.2, 0.25) is 0 Å². The van der Waals surface area contributed by atoms with E-state index in [9.17, 15) is 19.8 Å². The largest absolute Gasteiger partial charge is 0.466 e. The van der Waals surface area contributed by atoms with E-state index in [-0.39, 0.29) is 18.5 Å². The third-order valence-corrected chi connectivity index (χ3v) is 15.8. The number of ether oxygens (including phenoxy) is 1. The molecular formula is C67H131NO5. The SMILES string of the molecule is CCCCCCCCCCCCCCCCCCCCCC(=O)OCCCCCCCCCCCCCC/C=C\CCCCCCCCCC(=O)NC(CO)C(O)CCCCCCCCCCCCCCCC. The number of nitrogens with one attached hydrogen (secondary N) is 1. The van der Waals surface area contributed by atoms with Crippen molar-refractivity contribution in [3.63, 3.8) is 0 Å². The number of esters is 1. The van der Waals surface area contributed by atoms with Gasteiger partial charge in [0.1, 0.15) is 0 Å². The highest BCUT2D eigenvalue weighted by Gasteiger charge is 2.20. The lowest BCUT2D eigenvalue weighted by Gasteiger charge is -2.22. The van der Waals surface area contributed by atoms with Crippen molar-refractivity contribution >= 4 is 11.9 Å². The summed E-state index contributed by atoms with van der Waals surface area (Å²) in [6, 6.07) is -0.545. The second-order valence-electron chi connectivity index (χ2n) is 23.2. The monoisotopic (exact) mass is 1030 g/mol. The summed E-state index contributed by atoms with van der Waals surface area (Å²) in [5.74, 6) is -0.0217. The Kier molecular flexibility index (Phi) is 61.9. The number of hydrogen-bond acceptors (Lipinski definition) is 5. The summed E-state index contributed by atoms with van der Waals surface area (Å²) in [4.78, 5) is 24.6. The van der Waals surface area contributed by atoms with Crippen LogP contribution in [0.25, 0.3) is 0 Å². The predicted octanol–water partition coefficient (Wildman–Crippen LogP) is 21.2. The van der Waals surface area contributed by atoms with Crippen LogP contribution in [-0.2, 0) is 14.3 Å². The van der Waals surface area contributed by atoms with Gasteiger partial charge in [0.05, 0.1) is 25.4 Å². The van der Waals surface area contributed by atoms with E-state index < -0.39 is 12.1 Å². The Bertz CT molecular complexity index is 1100. The van der Waals surface area contributed by atoms with Gasteiger partial charge in [-0.1, -0.05) is 328 Å². The fourth-order valence-corrected chi connectivity index (χ4v) is 10.7. The predicted molar refractivity (Wildman–Crippen MR) is 320 cm³/mol. The normalized spacial score (nSPS) is 12.5. The van der Waals surface area contributed by atoms with Crippen molar-refractivity contribution in [1.29, 1.82) is 0 Å². The van der Waals surface area contributed by atoms with Crippen LogP contribution in [0.1, 0.15) is 380 Å². The van der Waals surface area contributed by atoms with E-state index in [1.54, 1.807) is 0 Å². The molecule has 0 aliphatic carbocycles. The number of allylic oxidation sites excluding steroid dienone is 2. The van der Waals surface area contributed by atoms with Gasteiger partial charge in [-0.2, -0.15) is 0 Å². The smallest absolute Gasteiger partial charge is 0.305 e. The summed E-state index contributed by atoms with van der Waals surface area (Å²) in [5.41, 5.74) is 0. The average molecular weight is 1030 g/mol. The van der Waals surface area contributed by atoms with Crippen molar-refractivity contribution in [2.45, 2.75) is 392 Å². The lowest BCUT2D eigenvalue weighted by Crippen LogP contribution is -2.45. The molecule has 6 heteroatoms. The average Bonchev–Trinajstić information content (AvgIpc) is 3.39. The Morgan fingerprint density at radius 2 is 0.644 bits per heavy atom. The molecule has 0 aromatic heterocycles. The molecule has 0 aliphatic rings. The van der Waals surface area contributed by atoms with Gasteiger partial charge < -0.3 is 20.3 Å². The Morgan fingerprint density at radius 3 is 0.973 bits per heavy atom. The van der Waals surface area contributed by atoms with Gasteiger partial charge >= 0.3 is 5.97 Å². The lowest BCUT2D eigenvalue weighted by atomic mass is 10.0. The molecule has 0 bridgehead atoms. The summed E-state index contributed by atoms with van der Waals surface area (Å²) < 4.78 is 5.51. The number of carbonyl (C=O) groups excluding carboxylic acids is 2. The molecule has 0 heterocycles. The van der Waals surface area contributed by atoms with Crippen molar-refractivity contribution in [3.05, 3.63) is 12.2 Å². The van der Waals surface area contributed by atoms with Crippen LogP contribution in [0.4, 0.5) is 0 Å². The molecule has 2 atom stereocenters. The van der Waals surface area contributed by atoms with Gasteiger partial charge in [0, 0.05) is 12.8 Å². The third kappa shape index (κ3) is 59.7. The molecule has 3 N–H and O–H groups in total. The van der Waals surface area contributed by atoms with Crippen LogP contribution < -0.4 is 5.32 Å². The molecule has 0 saturated carbocycles. The molecule has 0 aromatic carbocycles. The van der Waals surface area contributed by atoms with Crippen LogP contribution >= 0.6 is 0 Å². The second kappa shape index (κ2) is 63.1. The minimum Gasteiger partial charge on any atom is -0.466 e. The van der Waals surface area contributed by atoms with Crippen LogP contribution in [0.3, 0.4) is 0 Å². The standard InChI is InChI=1S/C67H131NO5/c1-3-5-7-9-11-13-15-17-19-20-26-30-33-37-41-45-49-53-57-61-67(72)73-62-58-54-50-46-42-38-34-31-28-25-23-21-22-24-27-29-32-36-40-44-48-52-56-60-66(71)68-64(63-69)65(70)59-55-51-47-43-39-35-18-16-14-12-10-8-6-4-2/h24,27,64-65,69-70H,3-23,25-26,28-63H2,1-2H3,(H,68,71)/b27-24-. The Labute approximate surface area is 457 Å². The molecule has 0 radical (unpaired) electrons. The molecule has 0 rings (SSSR count). The van der Waals surface area contributed by atoms with Gasteiger partial charge in [0.15, 0.2) is 0 Å². The molecule has 6 nitrogen and oxygen atoms in total. The molecule has 0 aromatic rings. The molecular weight excluding hydrogens is 899 g/mol. The van der Waals surface area contributed by atoms with Crippen LogP contribution in [-0.4, -0.2) is 47.4 Å². The second-order valence-corrected chi connectivity index (χ2v) is 23.2. The fourth-order valence-electron chi connectivity index (χ4n) is 10.7. The maximum atomic E-state index is 12.5. The lowest BCUT2D eigenvalue weighted by molar-refractivity contribution is -0.143. The number of amides is 1. The van der Waals surface area contributed by atoms with Crippen LogP contribution in [0.5, 0.6) is 0 Å². The summed E-state index contributed by atoms with van der Waals surface area (Å²) >= 11 is 0. The van der Waals surface area contributed by atoms with E-state index in [1.807, 2.05) is 0 Å². The maximum absolute atomic E-state index is 12.5. The van der Waals surface area contributed by atoms with E-state index in [4.69, 9.17) is 4.74 Å². The van der Waals surface area contributed by atoms with Gasteiger partial charge in [-0.05, 0) is 51.4 Å². The zero-order chi connectivity index (χ0) is 52.9. The van der Waals surface area contributed by atoms with Gasteiger partial charge in [-0.15, -0.1) is 0 Å². The number of rotatable bonds is 63. The van der Waals surface area contributed by atoms with E-state index in [0.29, 0.717) is 25.9 Å². The zero-order valence-electron chi connectivity index (χ0n) is 49.6. The van der Waals surface area contributed by atoms with Crippen LogP contribution in [0, 0.1) is 0 Å². The zero-order valence-corrected chi connectivity index (χ0v) is 49.6. The number of carbonyl (C=O) groups is 2. The fraction of sp³-hybridized carbons (Fsp3) is 0.940. The van der Waals surface area contributed by atoms with E-state index in [0.717, 1.165) is 38.5 Å². The van der Waals surface area contributed by atoms with Gasteiger partial charge in [0.2, 0.25) is 5.91 Å². The number of aliphatic hydroxyl groups is 2. The highest BCUT2D eigenvalue weighted by molar-refractivity contribution is 5.76. The minimum atomic E-state index is -0.667. The van der Waals surface area contributed by atoms with Gasteiger partial charge in [-0.25, -0.2) is 0 Å². The first-order valence-corrected chi connectivity index (χ1v) is 33.4. The Balaban J connectivity index is 3.37.